The molecule has 0 bridgehead atoms. The lowest BCUT2D eigenvalue weighted by Gasteiger charge is -2.15. The number of hydrogen-bond donors (Lipinski definition) is 2. The van der Waals surface area contributed by atoms with Crippen LogP contribution in [0.2, 0.25) is 0 Å². The van der Waals surface area contributed by atoms with Crippen molar-refractivity contribution < 1.29 is 14.6 Å². The molecule has 0 radical (unpaired) electrons. The van der Waals surface area contributed by atoms with Crippen LogP contribution < -0.4 is 10.1 Å². The summed E-state index contributed by atoms with van der Waals surface area (Å²) in [6, 6.07) is 26.2. The number of anilines is 1. The number of ether oxygens (including phenoxy) is 1. The molecule has 4 aromatic carbocycles. The number of benzene rings is 4. The molecule has 2 N–H and O–H groups in total. The highest BCUT2D eigenvalue weighted by molar-refractivity contribution is 7.99. The quantitative estimate of drug-likeness (QED) is 0.0651. The summed E-state index contributed by atoms with van der Waals surface area (Å²) in [6.45, 7) is 2.86. The Morgan fingerprint density at radius 1 is 0.725 bits per heavy atom. The number of phenols is 1. The van der Waals surface area contributed by atoms with Crippen molar-refractivity contribution in [1.82, 2.24) is 20.2 Å². The Labute approximate surface area is 307 Å². The first-order chi connectivity index (χ1) is 25.2. The third-order valence-electron chi connectivity index (χ3n) is 9.26. The van der Waals surface area contributed by atoms with Crippen molar-refractivity contribution in [1.29, 1.82) is 0 Å². The molecule has 9 heteroatoms. The molecule has 0 spiro atoms. The van der Waals surface area contributed by atoms with Gasteiger partial charge >= 0.3 is 0 Å². The average Bonchev–Trinajstić information content (AvgIpc) is 3.63. The third kappa shape index (κ3) is 11.6. The molecule has 0 aliphatic rings. The van der Waals surface area contributed by atoms with E-state index in [4.69, 9.17) is 4.74 Å². The van der Waals surface area contributed by atoms with Gasteiger partial charge in [-0.25, -0.2) is 0 Å². The van der Waals surface area contributed by atoms with Crippen molar-refractivity contribution in [2.75, 3.05) is 11.9 Å². The first-order valence-corrected chi connectivity index (χ1v) is 19.8. The van der Waals surface area contributed by atoms with E-state index >= 15 is 0 Å². The number of hydrogen-bond acceptors (Lipinski definition) is 7. The van der Waals surface area contributed by atoms with Gasteiger partial charge in [0.15, 0.2) is 0 Å². The minimum atomic E-state index is -0.429. The minimum absolute atomic E-state index is 0.0818. The second kappa shape index (κ2) is 21.1. The number of rotatable bonds is 23. The van der Waals surface area contributed by atoms with E-state index in [1.54, 1.807) is 16.8 Å². The Bertz CT molecular complexity index is 1780. The number of para-hydroxylation sites is 3. The molecule has 5 rings (SSSR count). The largest absolute Gasteiger partial charge is 0.506 e. The highest BCUT2D eigenvalue weighted by Crippen LogP contribution is 2.40. The van der Waals surface area contributed by atoms with Gasteiger partial charge in [-0.15, -0.1) is 5.10 Å². The van der Waals surface area contributed by atoms with Gasteiger partial charge < -0.3 is 15.2 Å². The Kier molecular flexibility index (Phi) is 15.7. The molecule has 1 amide bonds. The fourth-order valence-corrected chi connectivity index (χ4v) is 7.34. The number of aromatic nitrogens is 4. The molecule has 0 aliphatic heterocycles. The number of aromatic hydroxyl groups is 1. The first-order valence-electron chi connectivity index (χ1n) is 18.9. The fraction of sp³-hybridized carbons (Fsp3) is 0.429. The van der Waals surface area contributed by atoms with E-state index in [-0.39, 0.29) is 11.3 Å². The van der Waals surface area contributed by atoms with E-state index in [0.717, 1.165) is 28.8 Å². The zero-order chi connectivity index (χ0) is 35.5. The molecule has 8 nitrogen and oxygen atoms in total. The maximum absolute atomic E-state index is 13.7. The van der Waals surface area contributed by atoms with Crippen LogP contribution >= 0.6 is 11.8 Å². The minimum Gasteiger partial charge on any atom is -0.506 e. The second-order valence-corrected chi connectivity index (χ2v) is 14.2. The summed E-state index contributed by atoms with van der Waals surface area (Å²) < 4.78 is 7.79. The van der Waals surface area contributed by atoms with E-state index in [1.807, 2.05) is 72.8 Å². The number of unbranched alkanes of at least 4 members (excludes halogenated alkanes) is 15. The van der Waals surface area contributed by atoms with Gasteiger partial charge in [0.2, 0.25) is 5.16 Å². The SMILES string of the molecule is CCCCCCCCCCCCCCCCCCOc1ccccc1NC(=O)c1cc(Sc2nnnn2-c2ccccc2)c2ccccc2c1O. The smallest absolute Gasteiger partial charge is 0.259 e. The van der Waals surface area contributed by atoms with Gasteiger partial charge in [0.05, 0.1) is 23.5 Å². The first kappa shape index (κ1) is 37.9. The lowest BCUT2D eigenvalue weighted by molar-refractivity contribution is 0.102. The molecule has 5 aromatic rings. The Morgan fingerprint density at radius 3 is 1.96 bits per heavy atom. The van der Waals surface area contributed by atoms with Crippen molar-refractivity contribution in [3.05, 3.63) is 90.5 Å². The van der Waals surface area contributed by atoms with Crippen LogP contribution in [0.15, 0.2) is 95.0 Å². The molecule has 1 aromatic heterocycles. The lowest BCUT2D eigenvalue weighted by Crippen LogP contribution is -2.14. The van der Waals surface area contributed by atoms with Gasteiger partial charge in [0.25, 0.3) is 5.91 Å². The predicted octanol–water partition coefficient (Wildman–Crippen LogP) is 11.6. The van der Waals surface area contributed by atoms with Gasteiger partial charge in [-0.05, 0) is 64.3 Å². The molecule has 51 heavy (non-hydrogen) atoms. The fourth-order valence-electron chi connectivity index (χ4n) is 6.37. The molecule has 0 atom stereocenters. The van der Waals surface area contributed by atoms with Crippen LogP contribution in [0.3, 0.4) is 0 Å². The Morgan fingerprint density at radius 2 is 1.29 bits per heavy atom. The van der Waals surface area contributed by atoms with Gasteiger partial charge in [0, 0.05) is 10.3 Å². The van der Waals surface area contributed by atoms with Crippen molar-refractivity contribution >= 4 is 34.1 Å². The Hall–Kier alpha value is -4.37. The summed E-state index contributed by atoms with van der Waals surface area (Å²) in [7, 11) is 0. The number of amides is 1. The lowest BCUT2D eigenvalue weighted by atomic mass is 10.0. The van der Waals surface area contributed by atoms with E-state index in [2.05, 4.69) is 27.8 Å². The standard InChI is InChI=1S/C42H53N5O3S/c1-2-3-4-5-6-7-8-9-10-11-12-13-14-15-16-24-31-50-38-30-23-22-29-37(38)43-41(49)36-32-39(34-27-20-21-28-35(34)40(36)48)51-42-44-45-46-47(42)33-25-18-17-19-26-33/h17-23,25-30,32,48H,2-16,24,31H2,1H3,(H,43,49). The zero-order valence-electron chi connectivity index (χ0n) is 30.1. The zero-order valence-corrected chi connectivity index (χ0v) is 30.9. The number of nitrogens with one attached hydrogen (secondary N) is 1. The summed E-state index contributed by atoms with van der Waals surface area (Å²) >= 11 is 1.33. The third-order valence-corrected chi connectivity index (χ3v) is 10.3. The Balaban J connectivity index is 1.09. The molecule has 0 aliphatic carbocycles. The normalized spacial score (nSPS) is 11.2. The van der Waals surface area contributed by atoms with Gasteiger partial charge in [-0.2, -0.15) is 4.68 Å². The monoisotopic (exact) mass is 707 g/mol. The number of phenolic OH excluding ortho intramolecular Hbond substituents is 1. The maximum atomic E-state index is 13.7. The van der Waals surface area contributed by atoms with Gasteiger partial charge in [0.1, 0.15) is 11.5 Å². The topological polar surface area (TPSA) is 102 Å². The summed E-state index contributed by atoms with van der Waals surface area (Å²) in [4.78, 5) is 14.5. The van der Waals surface area contributed by atoms with Crippen molar-refractivity contribution in [2.45, 2.75) is 120 Å². The highest BCUT2D eigenvalue weighted by atomic mass is 32.2. The second-order valence-electron chi connectivity index (χ2n) is 13.2. The van der Waals surface area contributed by atoms with Crippen LogP contribution in [-0.2, 0) is 0 Å². The van der Waals surface area contributed by atoms with Crippen molar-refractivity contribution in [2.24, 2.45) is 0 Å². The van der Waals surface area contributed by atoms with E-state index in [0.29, 0.717) is 28.6 Å². The molecule has 0 saturated heterocycles. The molecular formula is C42H53N5O3S. The van der Waals surface area contributed by atoms with E-state index < -0.39 is 5.91 Å². The van der Waals surface area contributed by atoms with Crippen LogP contribution in [-0.4, -0.2) is 37.8 Å². The van der Waals surface area contributed by atoms with E-state index in [1.165, 1.54) is 102 Å². The summed E-state index contributed by atoms with van der Waals surface area (Å²) in [5.74, 6) is 0.103. The number of carbonyl (C=O) groups is 1. The molecule has 0 fully saturated rings. The summed E-state index contributed by atoms with van der Waals surface area (Å²) in [5, 5.41) is 28.5. The average molecular weight is 708 g/mol. The molecule has 270 valence electrons. The number of carbonyl (C=O) groups excluding carboxylic acids is 1. The van der Waals surface area contributed by atoms with Crippen LogP contribution in [0.4, 0.5) is 5.69 Å². The van der Waals surface area contributed by atoms with Gasteiger partial charge in [-0.3, -0.25) is 4.79 Å². The summed E-state index contributed by atoms with van der Waals surface area (Å²) in [6.07, 6.45) is 21.2. The number of tetrazole rings is 1. The van der Waals surface area contributed by atoms with Crippen LogP contribution in [0, 0.1) is 0 Å². The molecule has 1 heterocycles. The number of fused-ring (bicyclic) bond motifs is 1. The molecular weight excluding hydrogens is 655 g/mol. The molecule has 0 unspecified atom stereocenters. The maximum Gasteiger partial charge on any atom is 0.259 e. The highest BCUT2D eigenvalue weighted by Gasteiger charge is 2.21. The molecule has 0 saturated carbocycles. The van der Waals surface area contributed by atoms with Crippen molar-refractivity contribution in [3.8, 4) is 17.2 Å². The van der Waals surface area contributed by atoms with Crippen molar-refractivity contribution in [3.63, 3.8) is 0 Å². The predicted molar refractivity (Wildman–Crippen MR) is 208 cm³/mol. The van der Waals surface area contributed by atoms with Crippen LogP contribution in [0.25, 0.3) is 16.5 Å². The van der Waals surface area contributed by atoms with Crippen LogP contribution in [0.1, 0.15) is 120 Å². The van der Waals surface area contributed by atoms with E-state index in [9.17, 15) is 9.90 Å². The number of nitrogens with zero attached hydrogens (tertiary/aromatic N) is 4. The summed E-state index contributed by atoms with van der Waals surface area (Å²) in [5.41, 5.74) is 1.54. The van der Waals surface area contributed by atoms with Gasteiger partial charge in [-0.1, -0.05) is 158 Å². The van der Waals surface area contributed by atoms with Crippen LogP contribution in [0.5, 0.6) is 11.5 Å².